The maximum Gasteiger partial charge on any atom is 0.325 e. The summed E-state index contributed by atoms with van der Waals surface area (Å²) >= 11 is 0. The molecule has 1 heterocycles. The van der Waals surface area contributed by atoms with E-state index < -0.39 is 12.0 Å². The van der Waals surface area contributed by atoms with Crippen LogP contribution in [-0.4, -0.2) is 34.7 Å². The molecule has 2 rings (SSSR count). The Morgan fingerprint density at radius 3 is 2.81 bits per heavy atom. The van der Waals surface area contributed by atoms with E-state index in [0.717, 1.165) is 16.7 Å². The number of carbonyl (C=O) groups is 2. The van der Waals surface area contributed by atoms with Gasteiger partial charge in [-0.2, -0.15) is 0 Å². The third-order valence-electron chi connectivity index (χ3n) is 3.32. The first kappa shape index (κ1) is 14.9. The Kier molecular flexibility index (Phi) is 4.47. The summed E-state index contributed by atoms with van der Waals surface area (Å²) in [5, 5.41) is 12.2. The van der Waals surface area contributed by atoms with Gasteiger partial charge in [-0.1, -0.05) is 6.07 Å². The van der Waals surface area contributed by atoms with E-state index in [1.807, 2.05) is 35.0 Å². The third-order valence-corrected chi connectivity index (χ3v) is 3.32. The minimum atomic E-state index is -1.04. The number of ether oxygens (including phenoxy) is 1. The van der Waals surface area contributed by atoms with Gasteiger partial charge in [-0.3, -0.25) is 9.59 Å². The molecule has 112 valence electrons. The van der Waals surface area contributed by atoms with Gasteiger partial charge in [0, 0.05) is 24.5 Å². The minimum absolute atomic E-state index is 0.221. The van der Waals surface area contributed by atoms with Gasteiger partial charge in [-0.15, -0.1) is 0 Å². The second-order valence-electron chi connectivity index (χ2n) is 4.78. The molecule has 2 N–H and O–H groups in total. The topological polar surface area (TPSA) is 80.6 Å². The number of rotatable bonds is 6. The lowest BCUT2D eigenvalue weighted by atomic mass is 10.2. The second kappa shape index (κ2) is 6.30. The number of carboxylic acid groups (broad SMARTS) is 1. The molecular weight excluding hydrogens is 272 g/mol. The van der Waals surface area contributed by atoms with Crippen LogP contribution >= 0.6 is 0 Å². The minimum Gasteiger partial charge on any atom is -0.496 e. The van der Waals surface area contributed by atoms with Crippen LogP contribution in [0, 0.1) is 0 Å². The Morgan fingerprint density at radius 1 is 1.38 bits per heavy atom. The number of hydrogen-bond acceptors (Lipinski definition) is 3. The molecule has 1 atom stereocenters. The van der Waals surface area contributed by atoms with Gasteiger partial charge in [0.2, 0.25) is 5.91 Å². The van der Waals surface area contributed by atoms with E-state index in [0.29, 0.717) is 6.54 Å². The fourth-order valence-corrected chi connectivity index (χ4v) is 2.17. The largest absolute Gasteiger partial charge is 0.496 e. The molecule has 1 amide bonds. The highest BCUT2D eigenvalue weighted by atomic mass is 16.5. The monoisotopic (exact) mass is 290 g/mol. The molecular formula is C15H18N2O4. The number of methoxy groups -OCH3 is 1. The van der Waals surface area contributed by atoms with Crippen molar-refractivity contribution in [1.82, 2.24) is 9.88 Å². The molecule has 0 aliphatic heterocycles. The van der Waals surface area contributed by atoms with Crippen molar-refractivity contribution < 1.29 is 19.4 Å². The summed E-state index contributed by atoms with van der Waals surface area (Å²) in [5.41, 5.74) is 0.980. The number of carbonyl (C=O) groups excluding carboxylic acids is 1. The van der Waals surface area contributed by atoms with Crippen LogP contribution in [0.1, 0.15) is 13.3 Å². The SMILES string of the molecule is COc1cccc2c1ccn2CCC(=O)N[C@@H](C)C(=O)O. The average molecular weight is 290 g/mol. The summed E-state index contributed by atoms with van der Waals surface area (Å²) in [6.07, 6.45) is 2.11. The molecule has 21 heavy (non-hydrogen) atoms. The van der Waals surface area contributed by atoms with Crippen LogP contribution in [0.15, 0.2) is 30.5 Å². The van der Waals surface area contributed by atoms with Crippen LogP contribution in [0.2, 0.25) is 0 Å². The summed E-state index contributed by atoms with van der Waals surface area (Å²) in [4.78, 5) is 22.4. The lowest BCUT2D eigenvalue weighted by molar-refractivity contribution is -0.141. The molecule has 0 spiro atoms. The lowest BCUT2D eigenvalue weighted by Crippen LogP contribution is -2.38. The maximum atomic E-state index is 11.7. The van der Waals surface area contributed by atoms with Crippen molar-refractivity contribution in [3.05, 3.63) is 30.5 Å². The van der Waals surface area contributed by atoms with Gasteiger partial charge in [-0.05, 0) is 25.1 Å². The van der Waals surface area contributed by atoms with Crippen molar-refractivity contribution >= 4 is 22.8 Å². The van der Waals surface area contributed by atoms with Crippen LogP contribution in [0.5, 0.6) is 5.75 Å². The van der Waals surface area contributed by atoms with E-state index >= 15 is 0 Å². The molecule has 1 aromatic heterocycles. The van der Waals surface area contributed by atoms with E-state index in [2.05, 4.69) is 5.32 Å². The summed E-state index contributed by atoms with van der Waals surface area (Å²) < 4.78 is 7.23. The molecule has 0 unspecified atom stereocenters. The van der Waals surface area contributed by atoms with Crippen molar-refractivity contribution in [1.29, 1.82) is 0 Å². The molecule has 0 aliphatic rings. The molecule has 6 heteroatoms. The number of benzene rings is 1. The van der Waals surface area contributed by atoms with Gasteiger partial charge in [0.25, 0.3) is 0 Å². The van der Waals surface area contributed by atoms with Crippen LogP contribution in [-0.2, 0) is 16.1 Å². The number of hydrogen-bond donors (Lipinski definition) is 2. The molecule has 6 nitrogen and oxygen atoms in total. The predicted molar refractivity (Wildman–Crippen MR) is 78.3 cm³/mol. The highest BCUT2D eigenvalue weighted by Gasteiger charge is 2.14. The van der Waals surface area contributed by atoms with E-state index in [1.165, 1.54) is 6.92 Å². The van der Waals surface area contributed by atoms with Crippen molar-refractivity contribution in [2.24, 2.45) is 0 Å². The van der Waals surface area contributed by atoms with Crippen molar-refractivity contribution in [3.63, 3.8) is 0 Å². The Bertz CT molecular complexity index is 663. The van der Waals surface area contributed by atoms with Crippen molar-refractivity contribution in [3.8, 4) is 5.75 Å². The molecule has 0 saturated heterocycles. The zero-order valence-electron chi connectivity index (χ0n) is 12.0. The van der Waals surface area contributed by atoms with Crippen LogP contribution < -0.4 is 10.1 Å². The Hall–Kier alpha value is -2.50. The predicted octanol–water partition coefficient (Wildman–Crippen LogP) is 1.63. The first-order valence-electron chi connectivity index (χ1n) is 6.67. The second-order valence-corrected chi connectivity index (χ2v) is 4.78. The molecule has 1 aromatic carbocycles. The van der Waals surface area contributed by atoms with Crippen molar-refractivity contribution in [2.45, 2.75) is 25.9 Å². The smallest absolute Gasteiger partial charge is 0.325 e. The number of aromatic nitrogens is 1. The molecule has 0 bridgehead atoms. The van der Waals surface area contributed by atoms with E-state index in [4.69, 9.17) is 9.84 Å². The van der Waals surface area contributed by atoms with Gasteiger partial charge < -0.3 is 19.7 Å². The average Bonchev–Trinajstić information content (AvgIpc) is 2.88. The van der Waals surface area contributed by atoms with Crippen LogP contribution in [0.4, 0.5) is 0 Å². The summed E-state index contributed by atoms with van der Waals surface area (Å²) in [6.45, 7) is 1.92. The number of carboxylic acids is 1. The summed E-state index contributed by atoms with van der Waals surface area (Å²) in [7, 11) is 1.62. The normalized spacial score (nSPS) is 12.1. The first-order valence-corrected chi connectivity index (χ1v) is 6.67. The Balaban J connectivity index is 2.04. The van der Waals surface area contributed by atoms with E-state index in [9.17, 15) is 9.59 Å². The highest BCUT2D eigenvalue weighted by molar-refractivity contribution is 5.87. The number of aliphatic carboxylic acids is 1. The highest BCUT2D eigenvalue weighted by Crippen LogP contribution is 2.26. The molecule has 0 radical (unpaired) electrons. The third kappa shape index (κ3) is 3.34. The Morgan fingerprint density at radius 2 is 2.14 bits per heavy atom. The van der Waals surface area contributed by atoms with Gasteiger partial charge >= 0.3 is 5.97 Å². The maximum absolute atomic E-state index is 11.7. The standard InChI is InChI=1S/C15H18N2O4/c1-10(15(19)20)16-14(18)7-9-17-8-6-11-12(17)4-3-5-13(11)21-2/h3-6,8,10H,7,9H2,1-2H3,(H,16,18)(H,19,20)/t10-/m0/s1. The van der Waals surface area contributed by atoms with Gasteiger partial charge in [0.05, 0.1) is 12.6 Å². The summed E-state index contributed by atoms with van der Waals surface area (Å²) in [5.74, 6) is -0.538. The molecule has 2 aromatic rings. The van der Waals surface area contributed by atoms with Gasteiger partial charge in [0.15, 0.2) is 0 Å². The zero-order chi connectivity index (χ0) is 15.4. The zero-order valence-corrected chi connectivity index (χ0v) is 12.0. The quantitative estimate of drug-likeness (QED) is 0.847. The first-order chi connectivity index (χ1) is 10.0. The van der Waals surface area contributed by atoms with Gasteiger partial charge in [-0.25, -0.2) is 0 Å². The number of nitrogens with one attached hydrogen (secondary N) is 1. The molecule has 0 aliphatic carbocycles. The number of fused-ring (bicyclic) bond motifs is 1. The molecule has 0 saturated carbocycles. The fourth-order valence-electron chi connectivity index (χ4n) is 2.17. The Labute approximate surface area is 122 Å². The number of amides is 1. The van der Waals surface area contributed by atoms with Crippen LogP contribution in [0.25, 0.3) is 10.9 Å². The fraction of sp³-hybridized carbons (Fsp3) is 0.333. The number of nitrogens with zero attached hydrogens (tertiary/aromatic N) is 1. The van der Waals surface area contributed by atoms with Gasteiger partial charge in [0.1, 0.15) is 11.8 Å². The number of aryl methyl sites for hydroxylation is 1. The summed E-state index contributed by atoms with van der Waals surface area (Å²) in [6, 6.07) is 6.79. The van der Waals surface area contributed by atoms with Crippen LogP contribution in [0.3, 0.4) is 0 Å². The lowest BCUT2D eigenvalue weighted by Gasteiger charge is -2.10. The van der Waals surface area contributed by atoms with E-state index in [1.54, 1.807) is 7.11 Å². The van der Waals surface area contributed by atoms with E-state index in [-0.39, 0.29) is 12.3 Å². The van der Waals surface area contributed by atoms with Crippen molar-refractivity contribution in [2.75, 3.05) is 7.11 Å². The molecule has 0 fully saturated rings.